The summed E-state index contributed by atoms with van der Waals surface area (Å²) in [5.41, 5.74) is -1.22. The molecule has 0 N–H and O–H groups in total. The molecular weight excluding hydrogens is 340 g/mol. The number of nitrogens with zero attached hydrogens (tertiary/aromatic N) is 2. The minimum atomic E-state index is -4.58. The number of aromatic nitrogens is 1. The van der Waals surface area contributed by atoms with Crippen molar-refractivity contribution in [3.63, 3.8) is 0 Å². The lowest BCUT2D eigenvalue weighted by molar-refractivity contribution is -0.136. The van der Waals surface area contributed by atoms with E-state index in [2.05, 4.69) is 0 Å². The lowest BCUT2D eigenvalue weighted by Gasteiger charge is -2.40. The summed E-state index contributed by atoms with van der Waals surface area (Å²) in [5, 5.41) is -0.178. The highest BCUT2D eigenvalue weighted by Crippen LogP contribution is 2.39. The summed E-state index contributed by atoms with van der Waals surface area (Å²) in [6, 6.07) is 3.04. The normalized spacial score (nSPS) is 16.2. The van der Waals surface area contributed by atoms with Crippen LogP contribution in [0.2, 0.25) is 0 Å². The maximum Gasteiger partial charge on any atom is 0.418 e. The molecule has 1 fully saturated rings. The molecule has 1 amide bonds. The quantitative estimate of drug-likeness (QED) is 0.699. The van der Waals surface area contributed by atoms with Gasteiger partial charge in [-0.05, 0) is 39.0 Å². The lowest BCUT2D eigenvalue weighted by Crippen LogP contribution is -2.52. The van der Waals surface area contributed by atoms with Crippen LogP contribution in [0.3, 0.4) is 0 Å². The third-order valence-electron chi connectivity index (χ3n) is 4.01. The summed E-state index contributed by atoms with van der Waals surface area (Å²) in [6.45, 7) is 5.71. The van der Waals surface area contributed by atoms with Gasteiger partial charge in [-0.2, -0.15) is 13.2 Å². The Bertz CT molecular complexity index is 814. The molecule has 0 aliphatic carbocycles. The second kappa shape index (κ2) is 5.64. The molecule has 25 heavy (non-hydrogen) atoms. The Hall–Kier alpha value is -2.25. The van der Waals surface area contributed by atoms with E-state index in [0.717, 1.165) is 18.3 Å². The minimum Gasteiger partial charge on any atom is -0.444 e. The Morgan fingerprint density at radius 3 is 2.40 bits per heavy atom. The number of rotatable bonds is 1. The Labute approximate surface area is 142 Å². The van der Waals surface area contributed by atoms with Crippen LogP contribution in [0.1, 0.15) is 32.4 Å². The SMILES string of the molecule is CC(C)(C)OC(=O)N1CC(n2cc(C(F)(F)F)c3cc(F)ccc32)C1. The first kappa shape index (κ1) is 17.6. The van der Waals surface area contributed by atoms with E-state index >= 15 is 0 Å². The molecule has 4 nitrogen and oxygen atoms in total. The Morgan fingerprint density at radius 1 is 1.20 bits per heavy atom. The molecule has 0 unspecified atom stereocenters. The van der Waals surface area contributed by atoms with E-state index in [9.17, 15) is 22.4 Å². The predicted octanol–water partition coefficient (Wildman–Crippen LogP) is 4.59. The van der Waals surface area contributed by atoms with E-state index in [1.807, 2.05) is 0 Å². The highest BCUT2D eigenvalue weighted by Gasteiger charge is 2.39. The average Bonchev–Trinajstić information content (AvgIpc) is 2.73. The molecule has 1 aliphatic heterocycles. The number of hydrogen-bond donors (Lipinski definition) is 0. The zero-order valence-electron chi connectivity index (χ0n) is 14.0. The van der Waals surface area contributed by atoms with E-state index in [4.69, 9.17) is 4.74 Å². The molecular formula is C17H18F4N2O2. The maximum atomic E-state index is 13.4. The number of benzene rings is 1. The van der Waals surface area contributed by atoms with Gasteiger partial charge >= 0.3 is 12.3 Å². The summed E-state index contributed by atoms with van der Waals surface area (Å²) in [5.74, 6) is -0.722. The fourth-order valence-corrected chi connectivity index (χ4v) is 2.86. The van der Waals surface area contributed by atoms with Gasteiger partial charge in [-0.3, -0.25) is 0 Å². The summed E-state index contributed by atoms with van der Waals surface area (Å²) in [4.78, 5) is 13.4. The van der Waals surface area contributed by atoms with Crippen LogP contribution in [0.15, 0.2) is 24.4 Å². The molecule has 2 aromatic rings. The molecule has 0 atom stereocenters. The largest absolute Gasteiger partial charge is 0.444 e. The van der Waals surface area contributed by atoms with Gasteiger partial charge in [0.25, 0.3) is 0 Å². The summed E-state index contributed by atoms with van der Waals surface area (Å²) in [7, 11) is 0. The number of fused-ring (bicyclic) bond motifs is 1. The van der Waals surface area contributed by atoms with Gasteiger partial charge < -0.3 is 14.2 Å². The van der Waals surface area contributed by atoms with Gasteiger partial charge in [0.2, 0.25) is 0 Å². The van der Waals surface area contributed by atoms with Crippen molar-refractivity contribution in [3.8, 4) is 0 Å². The molecule has 136 valence electrons. The molecule has 0 saturated carbocycles. The van der Waals surface area contributed by atoms with Crippen molar-refractivity contribution in [3.05, 3.63) is 35.8 Å². The van der Waals surface area contributed by atoms with Gasteiger partial charge in [-0.25, -0.2) is 9.18 Å². The van der Waals surface area contributed by atoms with E-state index in [1.165, 1.54) is 15.5 Å². The number of ether oxygens (including phenoxy) is 1. The molecule has 1 aliphatic rings. The first-order valence-corrected chi connectivity index (χ1v) is 7.81. The standard InChI is InChI=1S/C17H18F4N2O2/c1-16(2,3)25-15(24)22-7-11(8-22)23-9-13(17(19,20)21)12-6-10(18)4-5-14(12)23/h4-6,9,11H,7-8H2,1-3H3. The highest BCUT2D eigenvalue weighted by atomic mass is 19.4. The van der Waals surface area contributed by atoms with Crippen molar-refractivity contribution in [2.75, 3.05) is 13.1 Å². The highest BCUT2D eigenvalue weighted by molar-refractivity contribution is 5.85. The average molecular weight is 358 g/mol. The number of carbonyl (C=O) groups is 1. The summed E-state index contributed by atoms with van der Waals surface area (Å²) in [6.07, 6.45) is -4.09. The van der Waals surface area contributed by atoms with Gasteiger partial charge in [-0.1, -0.05) is 0 Å². The van der Waals surface area contributed by atoms with Gasteiger partial charge in [0.1, 0.15) is 11.4 Å². The van der Waals surface area contributed by atoms with Crippen LogP contribution in [0.5, 0.6) is 0 Å². The van der Waals surface area contributed by atoms with Crippen molar-refractivity contribution < 1.29 is 27.1 Å². The minimum absolute atomic E-state index is 0.178. The molecule has 1 aromatic heterocycles. The first-order chi connectivity index (χ1) is 11.5. The molecule has 0 spiro atoms. The number of halogens is 4. The van der Waals surface area contributed by atoms with Gasteiger partial charge in [0.15, 0.2) is 0 Å². The van der Waals surface area contributed by atoms with Crippen molar-refractivity contribution in [1.29, 1.82) is 0 Å². The van der Waals surface area contributed by atoms with Crippen molar-refractivity contribution in [2.45, 2.75) is 38.6 Å². The molecule has 0 radical (unpaired) electrons. The Morgan fingerprint density at radius 2 is 1.84 bits per heavy atom. The zero-order valence-corrected chi connectivity index (χ0v) is 14.0. The molecule has 3 rings (SSSR count). The van der Waals surface area contributed by atoms with Crippen molar-refractivity contribution in [1.82, 2.24) is 9.47 Å². The number of hydrogen-bond acceptors (Lipinski definition) is 2. The zero-order chi connectivity index (χ0) is 18.6. The maximum absolute atomic E-state index is 13.4. The molecule has 8 heteroatoms. The van der Waals surface area contributed by atoms with E-state index < -0.39 is 29.3 Å². The molecule has 2 heterocycles. The predicted molar refractivity (Wildman–Crippen MR) is 83.7 cm³/mol. The fraction of sp³-hybridized carbons (Fsp3) is 0.471. The molecule has 0 bridgehead atoms. The van der Waals surface area contributed by atoms with Crippen LogP contribution >= 0.6 is 0 Å². The monoisotopic (exact) mass is 358 g/mol. The Balaban J connectivity index is 1.85. The first-order valence-electron chi connectivity index (χ1n) is 7.81. The van der Waals surface area contributed by atoms with Crippen LogP contribution in [0.25, 0.3) is 10.9 Å². The van der Waals surface area contributed by atoms with Crippen LogP contribution in [0, 0.1) is 5.82 Å². The second-order valence-electron chi connectivity index (χ2n) is 7.15. The third-order valence-corrected chi connectivity index (χ3v) is 4.01. The Kier molecular flexibility index (Phi) is 3.96. The van der Waals surface area contributed by atoms with E-state index in [0.29, 0.717) is 5.52 Å². The van der Waals surface area contributed by atoms with E-state index in [1.54, 1.807) is 20.8 Å². The number of carbonyl (C=O) groups excluding carboxylic acids is 1. The number of alkyl halides is 3. The second-order valence-corrected chi connectivity index (χ2v) is 7.15. The number of likely N-dealkylation sites (tertiary alicyclic amines) is 1. The smallest absolute Gasteiger partial charge is 0.418 e. The van der Waals surface area contributed by atoms with Crippen LogP contribution < -0.4 is 0 Å². The summed E-state index contributed by atoms with van der Waals surface area (Å²) >= 11 is 0. The third kappa shape index (κ3) is 3.43. The summed E-state index contributed by atoms with van der Waals surface area (Å²) < 4.78 is 59.7. The fourth-order valence-electron chi connectivity index (χ4n) is 2.86. The molecule has 1 aromatic carbocycles. The van der Waals surface area contributed by atoms with Crippen LogP contribution in [-0.4, -0.2) is 34.3 Å². The van der Waals surface area contributed by atoms with Crippen LogP contribution in [0.4, 0.5) is 22.4 Å². The van der Waals surface area contributed by atoms with Crippen LogP contribution in [-0.2, 0) is 10.9 Å². The topological polar surface area (TPSA) is 34.5 Å². The lowest BCUT2D eigenvalue weighted by atomic mass is 10.1. The van der Waals surface area contributed by atoms with Crippen molar-refractivity contribution >= 4 is 17.0 Å². The van der Waals surface area contributed by atoms with E-state index in [-0.39, 0.29) is 24.5 Å². The van der Waals surface area contributed by atoms with Gasteiger partial charge in [0, 0.05) is 30.2 Å². The van der Waals surface area contributed by atoms with Crippen molar-refractivity contribution in [2.24, 2.45) is 0 Å². The van der Waals surface area contributed by atoms with Gasteiger partial charge in [0.05, 0.1) is 11.6 Å². The van der Waals surface area contributed by atoms with Gasteiger partial charge in [-0.15, -0.1) is 0 Å². The molecule has 1 saturated heterocycles. The number of amides is 1.